The fourth-order valence-corrected chi connectivity index (χ4v) is 7.39. The van der Waals surface area contributed by atoms with Crippen LogP contribution in [0, 0.1) is 0 Å². The lowest BCUT2D eigenvalue weighted by molar-refractivity contribution is 0.666. The molecule has 11 aromatic rings. The van der Waals surface area contributed by atoms with E-state index < -0.39 is 0 Å². The van der Waals surface area contributed by atoms with Gasteiger partial charge >= 0.3 is 0 Å². The number of nitrogens with zero attached hydrogens (tertiary/aromatic N) is 2. The second kappa shape index (κ2) is 13.1. The van der Waals surface area contributed by atoms with Crippen LogP contribution >= 0.6 is 0 Å². The maximum Gasteiger partial charge on any atom is 0.161 e. The lowest BCUT2D eigenvalue weighted by atomic mass is 10.00. The molecule has 256 valence electrons. The van der Waals surface area contributed by atoms with Crippen molar-refractivity contribution in [3.05, 3.63) is 146 Å². The van der Waals surface area contributed by atoms with Gasteiger partial charge in [0.2, 0.25) is 0 Å². The first kappa shape index (κ1) is 32.2. The van der Waals surface area contributed by atoms with Crippen LogP contribution in [-0.4, -0.2) is 9.97 Å². The lowest BCUT2D eigenvalue weighted by Crippen LogP contribution is -1.82. The number of para-hydroxylation sites is 1. The van der Waals surface area contributed by atoms with Crippen molar-refractivity contribution >= 4 is 87.6 Å². The molecule has 0 aliphatic rings. The maximum absolute atomic E-state index is 6.62. The standard InChI is InChI=1S/C42H22N2O3.C4H8.C2H6/c1-3-8-26-23(6-1)12-15-32-36-41(46-38(26)32)28(18-20-43-36)25-14-17-35-34(22-25)30-11-5-10-29(40(30)45-35)31-19-21-44-37-33-16-13-24-7-2-4-9-27(24)39(33)47-42(31)37;1-3-4-2;1-2/h1-22H;3-4H,1-2H3;1-2H3/b;4-3-;. The fraction of sp³-hybridized carbons (Fsp3) is 0.0833. The minimum atomic E-state index is 0.754. The van der Waals surface area contributed by atoms with Gasteiger partial charge in [0.15, 0.2) is 11.2 Å². The number of pyridine rings is 2. The highest BCUT2D eigenvalue weighted by molar-refractivity contribution is 6.19. The van der Waals surface area contributed by atoms with Crippen LogP contribution in [-0.2, 0) is 0 Å². The Morgan fingerprint density at radius 3 is 1.58 bits per heavy atom. The number of allylic oxidation sites excluding steroid dienone is 2. The predicted octanol–water partition coefficient (Wildman–Crippen LogP) is 14.4. The smallest absolute Gasteiger partial charge is 0.161 e. The molecular weight excluding hydrogens is 653 g/mol. The first-order valence-electron chi connectivity index (χ1n) is 18.1. The summed E-state index contributed by atoms with van der Waals surface area (Å²) in [5.74, 6) is 0. The van der Waals surface area contributed by atoms with Crippen LogP contribution in [0.1, 0.15) is 27.7 Å². The summed E-state index contributed by atoms with van der Waals surface area (Å²) in [7, 11) is 0. The zero-order valence-electron chi connectivity index (χ0n) is 30.0. The van der Waals surface area contributed by atoms with Crippen molar-refractivity contribution in [1.82, 2.24) is 9.97 Å². The van der Waals surface area contributed by atoms with E-state index in [-0.39, 0.29) is 0 Å². The second-order valence-electron chi connectivity index (χ2n) is 12.8. The summed E-state index contributed by atoms with van der Waals surface area (Å²) >= 11 is 0. The molecule has 0 aliphatic carbocycles. The van der Waals surface area contributed by atoms with E-state index >= 15 is 0 Å². The molecule has 5 heteroatoms. The molecule has 0 spiro atoms. The number of hydrogen-bond donors (Lipinski definition) is 0. The molecule has 0 amide bonds. The van der Waals surface area contributed by atoms with Gasteiger partial charge in [0, 0.05) is 61.4 Å². The lowest BCUT2D eigenvalue weighted by Gasteiger charge is -2.03. The van der Waals surface area contributed by atoms with Crippen molar-refractivity contribution in [2.24, 2.45) is 0 Å². The largest absolute Gasteiger partial charge is 0.455 e. The minimum Gasteiger partial charge on any atom is -0.455 e. The molecular formula is C48H36N2O3. The topological polar surface area (TPSA) is 65.2 Å². The molecule has 5 heterocycles. The number of benzene rings is 6. The zero-order chi connectivity index (χ0) is 36.1. The molecule has 0 atom stereocenters. The number of furan rings is 3. The third-order valence-electron chi connectivity index (χ3n) is 9.92. The van der Waals surface area contributed by atoms with Crippen LogP contribution in [0.4, 0.5) is 0 Å². The molecule has 5 aromatic heterocycles. The molecule has 11 rings (SSSR count). The third-order valence-corrected chi connectivity index (χ3v) is 9.92. The van der Waals surface area contributed by atoms with Gasteiger partial charge in [-0.05, 0) is 66.6 Å². The summed E-state index contributed by atoms with van der Waals surface area (Å²) in [5.41, 5.74) is 10.5. The summed E-state index contributed by atoms with van der Waals surface area (Å²) in [6, 6.07) is 41.7. The van der Waals surface area contributed by atoms with Crippen LogP contribution in [0.15, 0.2) is 159 Å². The van der Waals surface area contributed by atoms with Crippen molar-refractivity contribution in [2.45, 2.75) is 27.7 Å². The highest BCUT2D eigenvalue weighted by atomic mass is 16.3. The van der Waals surface area contributed by atoms with Gasteiger partial charge in [0.05, 0.1) is 0 Å². The molecule has 0 saturated heterocycles. The molecule has 6 aromatic carbocycles. The Balaban J connectivity index is 0.000000584. The maximum atomic E-state index is 6.62. The van der Waals surface area contributed by atoms with Gasteiger partial charge in [-0.1, -0.05) is 111 Å². The van der Waals surface area contributed by atoms with Gasteiger partial charge in [-0.25, -0.2) is 0 Å². The van der Waals surface area contributed by atoms with Crippen LogP contribution in [0.25, 0.3) is 110 Å². The summed E-state index contributed by atoms with van der Waals surface area (Å²) in [6.07, 6.45) is 7.72. The number of rotatable bonds is 2. The van der Waals surface area contributed by atoms with Crippen LogP contribution in [0.3, 0.4) is 0 Å². The van der Waals surface area contributed by atoms with Crippen molar-refractivity contribution in [3.63, 3.8) is 0 Å². The van der Waals surface area contributed by atoms with Gasteiger partial charge in [-0.3, -0.25) is 9.97 Å². The first-order chi connectivity index (χ1) is 26.2. The van der Waals surface area contributed by atoms with E-state index in [0.29, 0.717) is 0 Å². The van der Waals surface area contributed by atoms with Gasteiger partial charge in [0.1, 0.15) is 33.4 Å². The Morgan fingerprint density at radius 1 is 0.415 bits per heavy atom. The summed E-state index contributed by atoms with van der Waals surface area (Å²) < 4.78 is 19.8. The van der Waals surface area contributed by atoms with E-state index in [4.69, 9.17) is 23.2 Å². The minimum absolute atomic E-state index is 0.754. The van der Waals surface area contributed by atoms with E-state index in [2.05, 4.69) is 78.9 Å². The summed E-state index contributed by atoms with van der Waals surface area (Å²) in [5, 5.41) is 8.53. The van der Waals surface area contributed by atoms with Crippen molar-refractivity contribution in [1.29, 1.82) is 0 Å². The van der Waals surface area contributed by atoms with E-state index in [1.807, 2.05) is 94.7 Å². The number of hydrogen-bond acceptors (Lipinski definition) is 5. The fourth-order valence-electron chi connectivity index (χ4n) is 7.39. The molecule has 0 aliphatic heterocycles. The molecule has 0 radical (unpaired) electrons. The SMILES string of the molecule is C/C=C\C.CC.c1ccc2c(c1)ccc1c3nccc(-c4ccc5oc6c(-c7ccnc8c7oc7c9ccccc9ccc87)cccc6c5c4)c3oc21. The molecule has 0 fully saturated rings. The Hall–Kier alpha value is -6.72. The Morgan fingerprint density at radius 2 is 0.962 bits per heavy atom. The van der Waals surface area contributed by atoms with Gasteiger partial charge < -0.3 is 13.3 Å². The zero-order valence-corrected chi connectivity index (χ0v) is 30.0. The van der Waals surface area contributed by atoms with Crippen LogP contribution in [0.5, 0.6) is 0 Å². The average molecular weight is 689 g/mol. The number of aromatic nitrogens is 2. The van der Waals surface area contributed by atoms with E-state index in [0.717, 1.165) is 110 Å². The van der Waals surface area contributed by atoms with Crippen molar-refractivity contribution in [2.75, 3.05) is 0 Å². The van der Waals surface area contributed by atoms with Crippen LogP contribution in [0.2, 0.25) is 0 Å². The highest BCUT2D eigenvalue weighted by Crippen LogP contribution is 2.43. The quantitative estimate of drug-likeness (QED) is 0.169. The molecule has 0 unspecified atom stereocenters. The Kier molecular flexibility index (Phi) is 7.97. The monoisotopic (exact) mass is 688 g/mol. The molecule has 5 nitrogen and oxygen atoms in total. The normalized spacial score (nSPS) is 11.7. The van der Waals surface area contributed by atoms with Gasteiger partial charge in [0.25, 0.3) is 0 Å². The van der Waals surface area contributed by atoms with Gasteiger partial charge in [-0.15, -0.1) is 0 Å². The second-order valence-corrected chi connectivity index (χ2v) is 12.8. The van der Waals surface area contributed by atoms with Crippen LogP contribution < -0.4 is 0 Å². The predicted molar refractivity (Wildman–Crippen MR) is 222 cm³/mol. The highest BCUT2D eigenvalue weighted by Gasteiger charge is 2.20. The molecule has 0 N–H and O–H groups in total. The van der Waals surface area contributed by atoms with E-state index in [1.165, 1.54) is 0 Å². The van der Waals surface area contributed by atoms with E-state index in [1.54, 1.807) is 0 Å². The van der Waals surface area contributed by atoms with Crippen molar-refractivity contribution < 1.29 is 13.3 Å². The molecule has 0 bridgehead atoms. The summed E-state index contributed by atoms with van der Waals surface area (Å²) in [6.45, 7) is 8.00. The average Bonchev–Trinajstić information content (AvgIpc) is 3.93. The van der Waals surface area contributed by atoms with E-state index in [9.17, 15) is 0 Å². The number of fused-ring (bicyclic) bond motifs is 13. The van der Waals surface area contributed by atoms with Crippen molar-refractivity contribution in [3.8, 4) is 22.3 Å². The summed E-state index contributed by atoms with van der Waals surface area (Å²) in [4.78, 5) is 9.49. The molecule has 53 heavy (non-hydrogen) atoms. The first-order valence-corrected chi connectivity index (χ1v) is 18.1. The Labute approximate surface area is 305 Å². The Bertz CT molecular complexity index is 3170. The molecule has 0 saturated carbocycles. The third kappa shape index (κ3) is 5.07. The van der Waals surface area contributed by atoms with Gasteiger partial charge in [-0.2, -0.15) is 0 Å².